The average Bonchev–Trinajstić information content (AvgIpc) is 2.82. The van der Waals surface area contributed by atoms with E-state index in [0.29, 0.717) is 13.2 Å². The van der Waals surface area contributed by atoms with E-state index in [4.69, 9.17) is 14.2 Å². The van der Waals surface area contributed by atoms with Crippen LogP contribution in [-0.2, 0) is 15.3 Å². The molecule has 0 spiro atoms. The Morgan fingerprint density at radius 1 is 1.17 bits per heavy atom. The summed E-state index contributed by atoms with van der Waals surface area (Å²) in [6, 6.07) is 4.07. The van der Waals surface area contributed by atoms with Crippen molar-refractivity contribution in [1.82, 2.24) is 0 Å². The molecule has 0 amide bonds. The summed E-state index contributed by atoms with van der Waals surface area (Å²) in [6.45, 7) is 7.68. The SMILES string of the molecule is CCCC1(c2ccc(OC)c(C)c2C)OCCO1. The van der Waals surface area contributed by atoms with E-state index in [9.17, 15) is 0 Å². The molecule has 1 aliphatic rings. The van der Waals surface area contributed by atoms with Gasteiger partial charge in [0.05, 0.1) is 20.3 Å². The number of hydrogen-bond acceptors (Lipinski definition) is 3. The van der Waals surface area contributed by atoms with Crippen molar-refractivity contribution in [2.75, 3.05) is 20.3 Å². The summed E-state index contributed by atoms with van der Waals surface area (Å²) in [6.07, 6.45) is 1.92. The van der Waals surface area contributed by atoms with Crippen LogP contribution >= 0.6 is 0 Å². The molecule has 3 heteroatoms. The first-order valence-corrected chi connectivity index (χ1v) is 6.57. The summed E-state index contributed by atoms with van der Waals surface area (Å²) in [4.78, 5) is 0. The van der Waals surface area contributed by atoms with Crippen LogP contribution in [0.3, 0.4) is 0 Å². The zero-order chi connectivity index (χ0) is 13.2. The van der Waals surface area contributed by atoms with Gasteiger partial charge in [-0.1, -0.05) is 13.3 Å². The standard InChI is InChI=1S/C15H22O3/c1-5-8-15(17-9-10-18-15)13-6-7-14(16-4)12(3)11(13)2/h6-7H,5,8-10H2,1-4H3. The monoisotopic (exact) mass is 250 g/mol. The third kappa shape index (κ3) is 2.13. The van der Waals surface area contributed by atoms with Crippen LogP contribution in [0.25, 0.3) is 0 Å². The highest BCUT2D eigenvalue weighted by Gasteiger charge is 2.39. The van der Waals surface area contributed by atoms with E-state index >= 15 is 0 Å². The molecule has 1 heterocycles. The molecule has 1 aromatic carbocycles. The summed E-state index contributed by atoms with van der Waals surface area (Å²) in [5.74, 6) is 0.372. The van der Waals surface area contributed by atoms with Crippen molar-refractivity contribution < 1.29 is 14.2 Å². The van der Waals surface area contributed by atoms with Crippen LogP contribution in [0.1, 0.15) is 36.5 Å². The normalized spacial score (nSPS) is 18.0. The fraction of sp³-hybridized carbons (Fsp3) is 0.600. The molecule has 1 fully saturated rings. The molecule has 0 bridgehead atoms. The predicted molar refractivity (Wildman–Crippen MR) is 71.0 cm³/mol. The Morgan fingerprint density at radius 2 is 1.83 bits per heavy atom. The maximum Gasteiger partial charge on any atom is 0.195 e. The molecule has 0 aromatic heterocycles. The molecule has 0 atom stereocenters. The second-order valence-corrected chi connectivity index (χ2v) is 4.77. The van der Waals surface area contributed by atoms with Crippen molar-refractivity contribution in [2.24, 2.45) is 0 Å². The van der Waals surface area contributed by atoms with E-state index in [1.807, 2.05) is 6.07 Å². The Balaban J connectivity index is 2.46. The summed E-state index contributed by atoms with van der Waals surface area (Å²) in [5.41, 5.74) is 3.49. The van der Waals surface area contributed by atoms with Gasteiger partial charge < -0.3 is 14.2 Å². The van der Waals surface area contributed by atoms with Gasteiger partial charge in [-0.2, -0.15) is 0 Å². The number of hydrogen-bond donors (Lipinski definition) is 0. The lowest BCUT2D eigenvalue weighted by Gasteiger charge is -2.30. The third-order valence-corrected chi connectivity index (χ3v) is 3.70. The summed E-state index contributed by atoms with van der Waals surface area (Å²) in [5, 5.41) is 0. The second kappa shape index (κ2) is 5.29. The van der Waals surface area contributed by atoms with Gasteiger partial charge in [0.25, 0.3) is 0 Å². The first kappa shape index (κ1) is 13.4. The smallest absolute Gasteiger partial charge is 0.195 e. The molecule has 0 N–H and O–H groups in total. The molecular formula is C15H22O3. The highest BCUT2D eigenvalue weighted by molar-refractivity contribution is 5.45. The van der Waals surface area contributed by atoms with Crippen LogP contribution in [0.2, 0.25) is 0 Å². The minimum Gasteiger partial charge on any atom is -0.496 e. The maximum absolute atomic E-state index is 5.91. The number of rotatable bonds is 4. The molecule has 1 aliphatic heterocycles. The van der Waals surface area contributed by atoms with E-state index in [2.05, 4.69) is 26.8 Å². The summed E-state index contributed by atoms with van der Waals surface area (Å²) < 4.78 is 17.2. The Labute approximate surface area is 109 Å². The highest BCUT2D eigenvalue weighted by atomic mass is 16.7. The van der Waals surface area contributed by atoms with Crippen LogP contribution in [-0.4, -0.2) is 20.3 Å². The number of benzene rings is 1. The highest BCUT2D eigenvalue weighted by Crippen LogP contribution is 2.40. The molecule has 0 radical (unpaired) electrons. The van der Waals surface area contributed by atoms with Crippen LogP contribution in [0.15, 0.2) is 12.1 Å². The minimum atomic E-state index is -0.546. The van der Waals surface area contributed by atoms with Gasteiger partial charge in [-0.25, -0.2) is 0 Å². The van der Waals surface area contributed by atoms with Gasteiger partial charge >= 0.3 is 0 Å². The molecule has 2 rings (SSSR count). The molecule has 100 valence electrons. The summed E-state index contributed by atoms with van der Waals surface area (Å²) >= 11 is 0. The molecule has 1 saturated heterocycles. The lowest BCUT2D eigenvalue weighted by atomic mass is 9.93. The minimum absolute atomic E-state index is 0.546. The van der Waals surface area contributed by atoms with E-state index in [-0.39, 0.29) is 0 Å². The topological polar surface area (TPSA) is 27.7 Å². The Hall–Kier alpha value is -1.06. The van der Waals surface area contributed by atoms with Gasteiger partial charge in [-0.15, -0.1) is 0 Å². The van der Waals surface area contributed by atoms with Gasteiger partial charge in [-0.05, 0) is 37.1 Å². The first-order valence-electron chi connectivity index (χ1n) is 6.57. The first-order chi connectivity index (χ1) is 8.64. The van der Waals surface area contributed by atoms with Gasteiger partial charge in [-0.3, -0.25) is 0 Å². The van der Waals surface area contributed by atoms with E-state index in [0.717, 1.165) is 29.7 Å². The lowest BCUT2D eigenvalue weighted by molar-refractivity contribution is -0.171. The van der Waals surface area contributed by atoms with E-state index < -0.39 is 5.79 Å². The molecule has 3 nitrogen and oxygen atoms in total. The fourth-order valence-corrected chi connectivity index (χ4v) is 2.65. The number of ether oxygens (including phenoxy) is 3. The predicted octanol–water partition coefficient (Wildman–Crippen LogP) is 3.31. The van der Waals surface area contributed by atoms with Crippen molar-refractivity contribution in [1.29, 1.82) is 0 Å². The Kier molecular flexibility index (Phi) is 3.93. The van der Waals surface area contributed by atoms with Crippen molar-refractivity contribution >= 4 is 0 Å². The van der Waals surface area contributed by atoms with Gasteiger partial charge in [0.15, 0.2) is 5.79 Å². The second-order valence-electron chi connectivity index (χ2n) is 4.77. The van der Waals surface area contributed by atoms with Crippen LogP contribution in [0.4, 0.5) is 0 Å². The van der Waals surface area contributed by atoms with Gasteiger partial charge in [0.2, 0.25) is 0 Å². The molecule has 0 aliphatic carbocycles. The Bertz CT molecular complexity index is 420. The fourth-order valence-electron chi connectivity index (χ4n) is 2.65. The van der Waals surface area contributed by atoms with Crippen molar-refractivity contribution in [3.05, 3.63) is 28.8 Å². The van der Waals surface area contributed by atoms with Gasteiger partial charge in [0.1, 0.15) is 5.75 Å². The molecule has 0 unspecified atom stereocenters. The van der Waals surface area contributed by atoms with Crippen LogP contribution in [0.5, 0.6) is 5.75 Å². The summed E-state index contributed by atoms with van der Waals surface area (Å²) in [7, 11) is 1.70. The largest absolute Gasteiger partial charge is 0.496 e. The third-order valence-electron chi connectivity index (χ3n) is 3.70. The van der Waals surface area contributed by atoms with Crippen molar-refractivity contribution in [3.63, 3.8) is 0 Å². The van der Waals surface area contributed by atoms with E-state index in [1.165, 1.54) is 5.56 Å². The zero-order valence-electron chi connectivity index (χ0n) is 11.7. The Morgan fingerprint density at radius 3 is 2.39 bits per heavy atom. The van der Waals surface area contributed by atoms with Crippen molar-refractivity contribution in [2.45, 2.75) is 39.4 Å². The quantitative estimate of drug-likeness (QED) is 0.820. The average molecular weight is 250 g/mol. The van der Waals surface area contributed by atoms with Crippen LogP contribution in [0, 0.1) is 13.8 Å². The van der Waals surface area contributed by atoms with Crippen LogP contribution < -0.4 is 4.74 Å². The molecule has 18 heavy (non-hydrogen) atoms. The molecular weight excluding hydrogens is 228 g/mol. The lowest BCUT2D eigenvalue weighted by Crippen LogP contribution is -2.28. The van der Waals surface area contributed by atoms with E-state index in [1.54, 1.807) is 7.11 Å². The molecule has 0 saturated carbocycles. The van der Waals surface area contributed by atoms with Crippen molar-refractivity contribution in [3.8, 4) is 5.75 Å². The zero-order valence-corrected chi connectivity index (χ0v) is 11.7. The molecule has 1 aromatic rings. The maximum atomic E-state index is 5.91. The van der Waals surface area contributed by atoms with Gasteiger partial charge in [0, 0.05) is 12.0 Å². The number of methoxy groups -OCH3 is 1.